The summed E-state index contributed by atoms with van der Waals surface area (Å²) in [6.07, 6.45) is 0.246. The fourth-order valence-corrected chi connectivity index (χ4v) is 5.02. The second-order valence-electron chi connectivity index (χ2n) is 8.59. The Balaban J connectivity index is 2.56. The highest BCUT2D eigenvalue weighted by molar-refractivity contribution is 7.90. The minimum absolute atomic E-state index is 0.0913. The molecule has 0 fully saturated rings. The van der Waals surface area contributed by atoms with Crippen molar-refractivity contribution in [3.63, 3.8) is 0 Å². The number of hydrogen-bond acceptors (Lipinski definition) is 4. The first-order valence-corrected chi connectivity index (χ1v) is 13.4. The summed E-state index contributed by atoms with van der Waals surface area (Å²) in [6, 6.07) is 8.88. The van der Waals surface area contributed by atoms with Crippen LogP contribution in [0.4, 0.5) is 10.1 Å². The number of nitrogens with zero attached hydrogens (tertiary/aromatic N) is 3. The van der Waals surface area contributed by atoms with Crippen molar-refractivity contribution in [2.45, 2.75) is 45.8 Å². The number of anilines is 1. The molecule has 36 heavy (non-hydrogen) atoms. The summed E-state index contributed by atoms with van der Waals surface area (Å²) in [7, 11) is -1.70. The maximum absolute atomic E-state index is 14.7. The van der Waals surface area contributed by atoms with Gasteiger partial charge in [-0.15, -0.1) is 0 Å². The third-order valence-electron chi connectivity index (χ3n) is 5.31. The zero-order valence-electron chi connectivity index (χ0n) is 20.8. The van der Waals surface area contributed by atoms with E-state index in [9.17, 15) is 22.4 Å². The largest absolute Gasteiger partial charge is 0.352 e. The Morgan fingerprint density at radius 2 is 1.72 bits per heavy atom. The van der Waals surface area contributed by atoms with E-state index in [0.717, 1.165) is 10.4 Å². The van der Waals surface area contributed by atoms with E-state index in [1.165, 1.54) is 43.3 Å². The van der Waals surface area contributed by atoms with E-state index in [-0.39, 0.29) is 29.7 Å². The molecule has 0 saturated carbocycles. The van der Waals surface area contributed by atoms with Crippen LogP contribution >= 0.6 is 23.2 Å². The van der Waals surface area contributed by atoms with Gasteiger partial charge in [-0.05, 0) is 50.1 Å². The van der Waals surface area contributed by atoms with E-state index in [1.807, 2.05) is 0 Å². The van der Waals surface area contributed by atoms with E-state index >= 15 is 0 Å². The molecular weight excluding hydrogens is 530 g/mol. The number of para-hydroxylation sites is 1. The molecule has 198 valence electrons. The lowest BCUT2D eigenvalue weighted by Crippen LogP contribution is -2.54. The van der Waals surface area contributed by atoms with Crippen LogP contribution in [0.1, 0.15) is 32.8 Å². The normalized spacial score (nSPS) is 12.5. The molecule has 0 aromatic heterocycles. The number of nitrogens with one attached hydrogen (secondary N) is 1. The molecule has 0 aliphatic heterocycles. The first-order valence-electron chi connectivity index (χ1n) is 11.3. The van der Waals surface area contributed by atoms with Crippen molar-refractivity contribution in [2.75, 3.05) is 24.9 Å². The number of halogens is 3. The first kappa shape index (κ1) is 29.8. The van der Waals surface area contributed by atoms with Gasteiger partial charge in [-0.25, -0.2) is 8.70 Å². The Labute approximate surface area is 222 Å². The predicted octanol–water partition coefficient (Wildman–Crippen LogP) is 4.08. The summed E-state index contributed by atoms with van der Waals surface area (Å²) < 4.78 is 42.5. The fourth-order valence-electron chi connectivity index (χ4n) is 3.49. The maximum atomic E-state index is 14.7. The fraction of sp³-hybridized carbons (Fsp3) is 0.417. The van der Waals surface area contributed by atoms with Gasteiger partial charge in [0.15, 0.2) is 0 Å². The molecule has 1 N–H and O–H groups in total. The van der Waals surface area contributed by atoms with E-state index < -0.39 is 40.4 Å². The van der Waals surface area contributed by atoms with Gasteiger partial charge in [-0.3, -0.25) is 9.59 Å². The molecule has 0 saturated heterocycles. The quantitative estimate of drug-likeness (QED) is 0.448. The minimum Gasteiger partial charge on any atom is -0.352 e. The molecule has 0 heterocycles. The smallest absolute Gasteiger partial charge is 0.304 e. The van der Waals surface area contributed by atoms with Crippen LogP contribution in [-0.2, 0) is 26.3 Å². The van der Waals surface area contributed by atoms with Gasteiger partial charge in [0.2, 0.25) is 11.8 Å². The average molecular weight is 562 g/mol. The van der Waals surface area contributed by atoms with Crippen LogP contribution in [0, 0.1) is 5.82 Å². The second-order valence-corrected chi connectivity index (χ2v) is 11.5. The van der Waals surface area contributed by atoms with Gasteiger partial charge in [0, 0.05) is 36.7 Å². The topological polar surface area (TPSA) is 90.0 Å². The van der Waals surface area contributed by atoms with Crippen LogP contribution in [0.5, 0.6) is 0 Å². The van der Waals surface area contributed by atoms with Crippen molar-refractivity contribution >= 4 is 50.9 Å². The number of rotatable bonds is 11. The number of amides is 2. The van der Waals surface area contributed by atoms with Gasteiger partial charge < -0.3 is 10.2 Å². The summed E-state index contributed by atoms with van der Waals surface area (Å²) in [5.74, 6) is -1.92. The van der Waals surface area contributed by atoms with Crippen LogP contribution in [0.25, 0.3) is 0 Å². The summed E-state index contributed by atoms with van der Waals surface area (Å²) in [4.78, 5) is 28.0. The molecule has 2 rings (SSSR count). The van der Waals surface area contributed by atoms with Crippen molar-refractivity contribution in [2.24, 2.45) is 0 Å². The van der Waals surface area contributed by atoms with Gasteiger partial charge in [0.1, 0.15) is 18.4 Å². The van der Waals surface area contributed by atoms with Crippen LogP contribution in [-0.4, -0.2) is 62.2 Å². The van der Waals surface area contributed by atoms with Gasteiger partial charge in [0.25, 0.3) is 0 Å². The van der Waals surface area contributed by atoms with E-state index in [4.69, 9.17) is 23.2 Å². The Morgan fingerprint density at radius 1 is 1.08 bits per heavy atom. The lowest BCUT2D eigenvalue weighted by atomic mass is 10.1. The summed E-state index contributed by atoms with van der Waals surface area (Å²) in [5, 5.41) is 3.48. The van der Waals surface area contributed by atoms with Crippen molar-refractivity contribution in [3.05, 3.63) is 63.9 Å². The monoisotopic (exact) mass is 560 g/mol. The third kappa shape index (κ3) is 7.32. The van der Waals surface area contributed by atoms with Crippen molar-refractivity contribution in [3.8, 4) is 0 Å². The molecule has 2 aromatic carbocycles. The molecule has 0 radical (unpaired) electrons. The predicted molar refractivity (Wildman–Crippen MR) is 141 cm³/mol. The van der Waals surface area contributed by atoms with Crippen LogP contribution < -0.4 is 9.62 Å². The highest BCUT2D eigenvalue weighted by Gasteiger charge is 2.35. The molecule has 2 amide bonds. The van der Waals surface area contributed by atoms with Gasteiger partial charge in [-0.1, -0.05) is 48.3 Å². The Bertz CT molecular complexity index is 1190. The summed E-state index contributed by atoms with van der Waals surface area (Å²) in [6.45, 7) is 4.48. The molecule has 0 bridgehead atoms. The molecule has 0 unspecified atom stereocenters. The van der Waals surface area contributed by atoms with Gasteiger partial charge in [-0.2, -0.15) is 12.7 Å². The number of hydrogen-bond donors (Lipinski definition) is 1. The maximum Gasteiger partial charge on any atom is 0.304 e. The molecule has 8 nitrogen and oxygen atoms in total. The molecule has 0 aliphatic rings. The molecule has 1 atom stereocenters. The molecule has 2 aromatic rings. The molecule has 0 aliphatic carbocycles. The highest BCUT2D eigenvalue weighted by Crippen LogP contribution is 2.26. The summed E-state index contributed by atoms with van der Waals surface area (Å²) >= 11 is 12.3. The second kappa shape index (κ2) is 12.7. The lowest BCUT2D eigenvalue weighted by Gasteiger charge is -2.34. The highest BCUT2D eigenvalue weighted by atomic mass is 35.5. The Morgan fingerprint density at radius 3 is 2.25 bits per heavy atom. The van der Waals surface area contributed by atoms with Gasteiger partial charge >= 0.3 is 10.2 Å². The molecular formula is C24H31Cl2FN4O4S. The van der Waals surface area contributed by atoms with E-state index in [1.54, 1.807) is 32.9 Å². The van der Waals surface area contributed by atoms with Crippen LogP contribution in [0.15, 0.2) is 42.5 Å². The standard InChI is InChI=1S/C24H31Cl2FN4O4S/c1-6-21(24(33)28-16(2)3)30(14-17-11-12-18(25)13-19(17)26)23(32)15-31(36(34,35)29(4)5)22-10-8-7-9-20(22)27/h7-13,16,21H,6,14-15H2,1-5H3,(H,28,33)/t21-/m1/s1. The van der Waals surface area contributed by atoms with Crippen molar-refractivity contribution in [1.82, 2.24) is 14.5 Å². The van der Waals surface area contributed by atoms with Crippen molar-refractivity contribution < 1.29 is 22.4 Å². The SMILES string of the molecule is CC[C@H](C(=O)NC(C)C)N(Cc1ccc(Cl)cc1Cl)C(=O)CN(c1ccccc1F)S(=O)(=O)N(C)C. The number of benzene rings is 2. The number of carbonyl (C=O) groups excluding carboxylic acids is 2. The Kier molecular flexibility index (Phi) is 10.5. The molecule has 12 heteroatoms. The molecule has 0 spiro atoms. The van der Waals surface area contributed by atoms with Crippen LogP contribution in [0.2, 0.25) is 10.0 Å². The average Bonchev–Trinajstić information content (AvgIpc) is 2.78. The van der Waals surface area contributed by atoms with E-state index in [2.05, 4.69) is 5.32 Å². The first-order chi connectivity index (χ1) is 16.8. The number of carbonyl (C=O) groups is 2. The summed E-state index contributed by atoms with van der Waals surface area (Å²) in [5.41, 5.74) is 0.224. The third-order valence-corrected chi connectivity index (χ3v) is 7.71. The zero-order chi connectivity index (χ0) is 27.2. The van der Waals surface area contributed by atoms with E-state index in [0.29, 0.717) is 14.9 Å². The zero-order valence-corrected chi connectivity index (χ0v) is 23.2. The van der Waals surface area contributed by atoms with Crippen molar-refractivity contribution in [1.29, 1.82) is 0 Å². The van der Waals surface area contributed by atoms with Gasteiger partial charge in [0.05, 0.1) is 5.69 Å². The lowest BCUT2D eigenvalue weighted by molar-refractivity contribution is -0.140. The van der Waals surface area contributed by atoms with Crippen LogP contribution in [0.3, 0.4) is 0 Å². The minimum atomic E-state index is -4.27. The Hall–Kier alpha value is -2.40.